The van der Waals surface area contributed by atoms with Crippen molar-refractivity contribution in [2.24, 2.45) is 0 Å². The smallest absolute Gasteiger partial charge is 0.247 e. The molecule has 1 saturated heterocycles. The van der Waals surface area contributed by atoms with Crippen molar-refractivity contribution in [2.75, 3.05) is 23.3 Å². The second-order valence-electron chi connectivity index (χ2n) is 5.28. The summed E-state index contributed by atoms with van der Waals surface area (Å²) in [6, 6.07) is 6.12. The summed E-state index contributed by atoms with van der Waals surface area (Å²) in [5.41, 5.74) is 2.18. The van der Waals surface area contributed by atoms with E-state index in [4.69, 9.17) is 0 Å². The molecular weight excluding hydrogens is 330 g/mol. The molecule has 0 bridgehead atoms. The van der Waals surface area contributed by atoms with Crippen LogP contribution in [-0.4, -0.2) is 28.3 Å². The molecule has 0 radical (unpaired) electrons. The molecule has 0 saturated carbocycles. The first-order valence-electron chi connectivity index (χ1n) is 7.20. The van der Waals surface area contributed by atoms with Gasteiger partial charge in [0, 0.05) is 23.2 Å². The van der Waals surface area contributed by atoms with E-state index in [0.29, 0.717) is 5.95 Å². The Morgan fingerprint density at radius 3 is 2.76 bits per heavy atom. The summed E-state index contributed by atoms with van der Waals surface area (Å²) in [6.45, 7) is 4.09. The van der Waals surface area contributed by atoms with Crippen molar-refractivity contribution in [3.05, 3.63) is 34.4 Å². The molecule has 2 aromatic rings. The average molecular weight is 348 g/mol. The highest BCUT2D eigenvalue weighted by atomic mass is 79.9. The van der Waals surface area contributed by atoms with Crippen molar-refractivity contribution in [1.29, 1.82) is 0 Å². The fourth-order valence-electron chi connectivity index (χ4n) is 2.45. The molecule has 5 nitrogen and oxygen atoms in total. The highest BCUT2D eigenvalue weighted by molar-refractivity contribution is 9.10. The summed E-state index contributed by atoms with van der Waals surface area (Å²) in [6.07, 6.45) is 5.35. The van der Waals surface area contributed by atoms with Crippen LogP contribution in [0.25, 0.3) is 0 Å². The first-order chi connectivity index (χ1) is 10.2. The molecule has 1 N–H and O–H groups in total. The van der Waals surface area contributed by atoms with E-state index in [-0.39, 0.29) is 0 Å². The third kappa shape index (κ3) is 3.50. The molecule has 0 spiro atoms. The lowest BCUT2D eigenvalue weighted by Crippen LogP contribution is -2.31. The molecule has 0 atom stereocenters. The van der Waals surface area contributed by atoms with Gasteiger partial charge in [0.15, 0.2) is 5.82 Å². The molecule has 1 aromatic carbocycles. The number of aryl methyl sites for hydroxylation is 1. The number of aromatic nitrogens is 3. The van der Waals surface area contributed by atoms with Crippen molar-refractivity contribution >= 4 is 33.4 Å². The quantitative estimate of drug-likeness (QED) is 0.917. The van der Waals surface area contributed by atoms with Crippen LogP contribution in [0.4, 0.5) is 17.5 Å². The topological polar surface area (TPSA) is 53.9 Å². The normalized spacial score (nSPS) is 15.0. The number of benzene rings is 1. The zero-order valence-corrected chi connectivity index (χ0v) is 13.6. The molecule has 6 heteroatoms. The Balaban J connectivity index is 1.77. The van der Waals surface area contributed by atoms with Gasteiger partial charge in [-0.25, -0.2) is 0 Å². The number of hydrogen-bond acceptors (Lipinski definition) is 5. The first kappa shape index (κ1) is 14.3. The number of anilines is 3. The lowest BCUT2D eigenvalue weighted by molar-refractivity contribution is 0.565. The van der Waals surface area contributed by atoms with Crippen LogP contribution in [-0.2, 0) is 0 Å². The third-order valence-corrected chi connectivity index (χ3v) is 4.51. The molecule has 110 valence electrons. The van der Waals surface area contributed by atoms with Gasteiger partial charge in [0.25, 0.3) is 0 Å². The minimum absolute atomic E-state index is 0.716. The minimum atomic E-state index is 0.716. The van der Waals surface area contributed by atoms with Gasteiger partial charge in [-0.1, -0.05) is 15.9 Å². The predicted molar refractivity (Wildman–Crippen MR) is 88.1 cm³/mol. The maximum Gasteiger partial charge on any atom is 0.247 e. The SMILES string of the molecule is Cc1cc(Nc2cnnc(N3CCCCC3)n2)ccc1Br. The van der Waals surface area contributed by atoms with Gasteiger partial charge < -0.3 is 10.2 Å². The zero-order chi connectivity index (χ0) is 14.7. The Hall–Kier alpha value is -1.69. The van der Waals surface area contributed by atoms with Crippen molar-refractivity contribution in [3.8, 4) is 0 Å². The van der Waals surface area contributed by atoms with Crippen LogP contribution in [0.15, 0.2) is 28.9 Å². The molecule has 2 heterocycles. The molecule has 21 heavy (non-hydrogen) atoms. The van der Waals surface area contributed by atoms with Gasteiger partial charge >= 0.3 is 0 Å². The summed E-state index contributed by atoms with van der Waals surface area (Å²) >= 11 is 3.51. The van der Waals surface area contributed by atoms with Gasteiger partial charge in [-0.3, -0.25) is 0 Å². The Bertz CT molecular complexity index is 625. The van der Waals surface area contributed by atoms with Gasteiger partial charge in [-0.2, -0.15) is 10.1 Å². The van der Waals surface area contributed by atoms with Crippen LogP contribution in [0.5, 0.6) is 0 Å². The number of rotatable bonds is 3. The van der Waals surface area contributed by atoms with Crippen LogP contribution in [0, 0.1) is 6.92 Å². The monoisotopic (exact) mass is 347 g/mol. The zero-order valence-electron chi connectivity index (χ0n) is 12.0. The summed E-state index contributed by atoms with van der Waals surface area (Å²) in [7, 11) is 0. The first-order valence-corrected chi connectivity index (χ1v) is 7.99. The number of halogens is 1. The van der Waals surface area contributed by atoms with Gasteiger partial charge in [0.1, 0.15) is 0 Å². The summed E-state index contributed by atoms with van der Waals surface area (Å²) < 4.78 is 1.10. The van der Waals surface area contributed by atoms with E-state index in [1.54, 1.807) is 6.20 Å². The van der Waals surface area contributed by atoms with E-state index in [1.165, 1.54) is 24.8 Å². The lowest BCUT2D eigenvalue weighted by Gasteiger charge is -2.26. The molecule has 3 rings (SSSR count). The molecule has 1 aliphatic rings. The number of hydrogen-bond donors (Lipinski definition) is 1. The fourth-order valence-corrected chi connectivity index (χ4v) is 2.70. The molecule has 1 aromatic heterocycles. The van der Waals surface area contributed by atoms with Crippen molar-refractivity contribution in [3.63, 3.8) is 0 Å². The maximum atomic E-state index is 4.57. The van der Waals surface area contributed by atoms with Crippen LogP contribution >= 0.6 is 15.9 Å². The van der Waals surface area contributed by atoms with Crippen molar-refractivity contribution in [2.45, 2.75) is 26.2 Å². The molecule has 1 aliphatic heterocycles. The number of nitrogens with one attached hydrogen (secondary N) is 1. The highest BCUT2D eigenvalue weighted by Gasteiger charge is 2.14. The van der Waals surface area contributed by atoms with E-state index >= 15 is 0 Å². The Morgan fingerprint density at radius 2 is 2.00 bits per heavy atom. The number of piperidine rings is 1. The van der Waals surface area contributed by atoms with Crippen molar-refractivity contribution in [1.82, 2.24) is 15.2 Å². The average Bonchev–Trinajstić information content (AvgIpc) is 2.52. The van der Waals surface area contributed by atoms with Crippen LogP contribution in [0.2, 0.25) is 0 Å². The third-order valence-electron chi connectivity index (χ3n) is 3.62. The van der Waals surface area contributed by atoms with Crippen LogP contribution in [0.3, 0.4) is 0 Å². The summed E-state index contributed by atoms with van der Waals surface area (Å²) in [5, 5.41) is 11.5. The highest BCUT2D eigenvalue weighted by Crippen LogP contribution is 2.23. The van der Waals surface area contributed by atoms with E-state index in [9.17, 15) is 0 Å². The van der Waals surface area contributed by atoms with Gasteiger partial charge in [-0.05, 0) is 49.9 Å². The lowest BCUT2D eigenvalue weighted by atomic mass is 10.1. The van der Waals surface area contributed by atoms with Gasteiger partial charge in [-0.15, -0.1) is 5.10 Å². The molecule has 0 amide bonds. The Morgan fingerprint density at radius 1 is 1.19 bits per heavy atom. The fraction of sp³-hybridized carbons (Fsp3) is 0.400. The van der Waals surface area contributed by atoms with E-state index in [2.05, 4.69) is 54.3 Å². The van der Waals surface area contributed by atoms with E-state index < -0.39 is 0 Å². The Kier molecular flexibility index (Phi) is 4.34. The summed E-state index contributed by atoms with van der Waals surface area (Å²) in [5.74, 6) is 1.45. The van der Waals surface area contributed by atoms with Crippen molar-refractivity contribution < 1.29 is 0 Å². The van der Waals surface area contributed by atoms with Gasteiger partial charge in [0.2, 0.25) is 5.95 Å². The van der Waals surface area contributed by atoms with E-state index in [1.807, 2.05) is 12.1 Å². The predicted octanol–water partition coefficient (Wildman–Crippen LogP) is 3.68. The number of nitrogens with zero attached hydrogens (tertiary/aromatic N) is 4. The minimum Gasteiger partial charge on any atom is -0.339 e. The molecule has 1 fully saturated rings. The molecule has 0 unspecified atom stereocenters. The van der Waals surface area contributed by atoms with Crippen LogP contribution < -0.4 is 10.2 Å². The Labute approximate surface area is 132 Å². The molecular formula is C15H18BrN5. The standard InChI is InChI=1S/C15H18BrN5/c1-11-9-12(5-6-13(11)16)18-14-10-17-20-15(19-14)21-7-3-2-4-8-21/h5-6,9-10H,2-4,7-8H2,1H3,(H,18,19,20). The second-order valence-corrected chi connectivity index (χ2v) is 6.13. The maximum absolute atomic E-state index is 4.57. The van der Waals surface area contributed by atoms with E-state index in [0.717, 1.165) is 29.1 Å². The second kappa shape index (κ2) is 6.39. The molecule has 0 aliphatic carbocycles. The largest absolute Gasteiger partial charge is 0.339 e. The van der Waals surface area contributed by atoms with Gasteiger partial charge in [0.05, 0.1) is 6.20 Å². The summed E-state index contributed by atoms with van der Waals surface area (Å²) in [4.78, 5) is 6.78. The van der Waals surface area contributed by atoms with Crippen LogP contribution in [0.1, 0.15) is 24.8 Å².